The molecular weight excluding hydrogens is 190 g/mol. The van der Waals surface area contributed by atoms with Crippen LogP contribution in [0.15, 0.2) is 0 Å². The van der Waals surface area contributed by atoms with Crippen LogP contribution in [0.1, 0.15) is 27.2 Å². The third kappa shape index (κ3) is 4.49. The summed E-state index contributed by atoms with van der Waals surface area (Å²) in [6.45, 7) is 11.0. The number of likely N-dealkylation sites (N-methyl/N-ethyl adjacent to an activating group) is 1. The van der Waals surface area contributed by atoms with E-state index in [0.717, 1.165) is 39.3 Å². The van der Waals surface area contributed by atoms with Gasteiger partial charge in [0.05, 0.1) is 12.7 Å². The standard InChI is InChI=1S/C12H25NO2/c1-4-13(7-10(2)3)8-12(14)11-5-6-15-9-11/h10-12,14H,4-9H2,1-3H3. The van der Waals surface area contributed by atoms with Crippen molar-refractivity contribution in [1.82, 2.24) is 4.90 Å². The Bertz CT molecular complexity index is 167. The molecule has 1 N–H and O–H groups in total. The van der Waals surface area contributed by atoms with Gasteiger partial charge in [-0.05, 0) is 18.9 Å². The van der Waals surface area contributed by atoms with E-state index in [1.165, 1.54) is 0 Å². The van der Waals surface area contributed by atoms with Crippen molar-refractivity contribution >= 4 is 0 Å². The molecule has 0 bridgehead atoms. The van der Waals surface area contributed by atoms with Crippen LogP contribution >= 0.6 is 0 Å². The van der Waals surface area contributed by atoms with Gasteiger partial charge in [-0.15, -0.1) is 0 Å². The minimum Gasteiger partial charge on any atom is -0.391 e. The summed E-state index contributed by atoms with van der Waals surface area (Å²) in [4.78, 5) is 2.33. The zero-order valence-corrected chi connectivity index (χ0v) is 10.3. The van der Waals surface area contributed by atoms with E-state index in [9.17, 15) is 5.11 Å². The van der Waals surface area contributed by atoms with E-state index in [2.05, 4.69) is 25.7 Å². The summed E-state index contributed by atoms with van der Waals surface area (Å²) in [5.41, 5.74) is 0. The van der Waals surface area contributed by atoms with E-state index < -0.39 is 0 Å². The van der Waals surface area contributed by atoms with Gasteiger partial charge in [0.25, 0.3) is 0 Å². The number of aliphatic hydroxyl groups excluding tert-OH is 1. The number of ether oxygens (including phenoxy) is 1. The van der Waals surface area contributed by atoms with Crippen molar-refractivity contribution in [3.05, 3.63) is 0 Å². The average Bonchev–Trinajstić information content (AvgIpc) is 2.68. The molecule has 0 radical (unpaired) electrons. The van der Waals surface area contributed by atoms with E-state index in [4.69, 9.17) is 4.74 Å². The van der Waals surface area contributed by atoms with Gasteiger partial charge in [0, 0.05) is 25.6 Å². The fourth-order valence-corrected chi connectivity index (χ4v) is 2.12. The second kappa shape index (κ2) is 6.46. The van der Waals surface area contributed by atoms with Gasteiger partial charge in [-0.2, -0.15) is 0 Å². The van der Waals surface area contributed by atoms with Gasteiger partial charge in [-0.25, -0.2) is 0 Å². The first-order valence-electron chi connectivity index (χ1n) is 6.11. The molecule has 0 spiro atoms. The lowest BCUT2D eigenvalue weighted by molar-refractivity contribution is 0.0540. The molecule has 1 saturated heterocycles. The molecule has 1 aliphatic heterocycles. The van der Waals surface area contributed by atoms with Gasteiger partial charge in [-0.1, -0.05) is 20.8 Å². The first-order chi connectivity index (χ1) is 7.13. The fourth-order valence-electron chi connectivity index (χ4n) is 2.12. The van der Waals surface area contributed by atoms with E-state index in [-0.39, 0.29) is 6.10 Å². The molecule has 2 unspecified atom stereocenters. The van der Waals surface area contributed by atoms with Crippen molar-refractivity contribution in [3.63, 3.8) is 0 Å². The molecule has 0 saturated carbocycles. The Morgan fingerprint density at radius 3 is 2.60 bits per heavy atom. The molecule has 0 aromatic carbocycles. The lowest BCUT2D eigenvalue weighted by Crippen LogP contribution is -2.38. The van der Waals surface area contributed by atoms with Crippen molar-refractivity contribution in [3.8, 4) is 0 Å². The Morgan fingerprint density at radius 2 is 2.13 bits per heavy atom. The normalized spacial score (nSPS) is 24.0. The topological polar surface area (TPSA) is 32.7 Å². The molecular formula is C12H25NO2. The Labute approximate surface area is 93.4 Å². The molecule has 0 aromatic heterocycles. The second-order valence-corrected chi connectivity index (χ2v) is 4.94. The predicted octanol–water partition coefficient (Wildman–Crippen LogP) is 1.36. The number of hydrogen-bond acceptors (Lipinski definition) is 3. The van der Waals surface area contributed by atoms with Crippen LogP contribution in [0.2, 0.25) is 0 Å². The molecule has 1 aliphatic rings. The van der Waals surface area contributed by atoms with Crippen LogP contribution in [0.5, 0.6) is 0 Å². The van der Waals surface area contributed by atoms with Crippen LogP contribution in [0, 0.1) is 11.8 Å². The largest absolute Gasteiger partial charge is 0.391 e. The molecule has 0 aliphatic carbocycles. The quantitative estimate of drug-likeness (QED) is 0.726. The average molecular weight is 215 g/mol. The van der Waals surface area contributed by atoms with E-state index >= 15 is 0 Å². The summed E-state index contributed by atoms with van der Waals surface area (Å²) in [6, 6.07) is 0. The maximum atomic E-state index is 10.0. The van der Waals surface area contributed by atoms with Crippen LogP contribution in [-0.2, 0) is 4.74 Å². The molecule has 1 heterocycles. The molecule has 0 aromatic rings. The van der Waals surface area contributed by atoms with Crippen molar-refractivity contribution < 1.29 is 9.84 Å². The van der Waals surface area contributed by atoms with Crippen LogP contribution < -0.4 is 0 Å². The zero-order chi connectivity index (χ0) is 11.3. The third-order valence-corrected chi connectivity index (χ3v) is 3.02. The Hall–Kier alpha value is -0.120. The summed E-state index contributed by atoms with van der Waals surface area (Å²) in [5, 5.41) is 10.0. The van der Waals surface area contributed by atoms with E-state index in [1.54, 1.807) is 0 Å². The Morgan fingerprint density at radius 1 is 1.40 bits per heavy atom. The molecule has 15 heavy (non-hydrogen) atoms. The van der Waals surface area contributed by atoms with Crippen molar-refractivity contribution in [1.29, 1.82) is 0 Å². The van der Waals surface area contributed by atoms with Gasteiger partial charge < -0.3 is 14.7 Å². The van der Waals surface area contributed by atoms with Crippen LogP contribution in [-0.4, -0.2) is 49.0 Å². The summed E-state index contributed by atoms with van der Waals surface area (Å²) in [7, 11) is 0. The first kappa shape index (κ1) is 12.9. The monoisotopic (exact) mass is 215 g/mol. The second-order valence-electron chi connectivity index (χ2n) is 4.94. The first-order valence-corrected chi connectivity index (χ1v) is 6.11. The van der Waals surface area contributed by atoms with Gasteiger partial charge in [0.2, 0.25) is 0 Å². The Balaban J connectivity index is 2.29. The van der Waals surface area contributed by atoms with Gasteiger partial charge >= 0.3 is 0 Å². The van der Waals surface area contributed by atoms with Crippen LogP contribution in [0.4, 0.5) is 0 Å². The highest BCUT2D eigenvalue weighted by Gasteiger charge is 2.25. The predicted molar refractivity (Wildman–Crippen MR) is 61.9 cm³/mol. The smallest absolute Gasteiger partial charge is 0.0718 e. The van der Waals surface area contributed by atoms with Crippen LogP contribution in [0.25, 0.3) is 0 Å². The highest BCUT2D eigenvalue weighted by Crippen LogP contribution is 2.17. The number of hydrogen-bond donors (Lipinski definition) is 1. The van der Waals surface area contributed by atoms with Crippen molar-refractivity contribution in [2.45, 2.75) is 33.3 Å². The van der Waals surface area contributed by atoms with Gasteiger partial charge in [0.1, 0.15) is 0 Å². The van der Waals surface area contributed by atoms with Crippen LogP contribution in [0.3, 0.4) is 0 Å². The maximum Gasteiger partial charge on any atom is 0.0718 e. The zero-order valence-electron chi connectivity index (χ0n) is 10.3. The molecule has 1 rings (SSSR count). The minimum absolute atomic E-state index is 0.216. The maximum absolute atomic E-state index is 10.0. The molecule has 1 fully saturated rings. The lowest BCUT2D eigenvalue weighted by Gasteiger charge is -2.27. The number of aliphatic hydroxyl groups is 1. The molecule has 90 valence electrons. The fraction of sp³-hybridized carbons (Fsp3) is 1.00. The summed E-state index contributed by atoms with van der Waals surface area (Å²) in [5.74, 6) is 1.02. The summed E-state index contributed by atoms with van der Waals surface area (Å²) < 4.78 is 5.30. The summed E-state index contributed by atoms with van der Waals surface area (Å²) >= 11 is 0. The molecule has 3 heteroatoms. The van der Waals surface area contributed by atoms with E-state index in [0.29, 0.717) is 11.8 Å². The van der Waals surface area contributed by atoms with Crippen molar-refractivity contribution in [2.24, 2.45) is 11.8 Å². The molecule has 2 atom stereocenters. The highest BCUT2D eigenvalue weighted by atomic mass is 16.5. The molecule has 3 nitrogen and oxygen atoms in total. The summed E-state index contributed by atoms with van der Waals surface area (Å²) in [6.07, 6.45) is 0.798. The van der Waals surface area contributed by atoms with Gasteiger partial charge in [-0.3, -0.25) is 0 Å². The van der Waals surface area contributed by atoms with Gasteiger partial charge in [0.15, 0.2) is 0 Å². The lowest BCUT2D eigenvalue weighted by atomic mass is 10.0. The SMILES string of the molecule is CCN(CC(C)C)CC(O)C1CCOC1. The van der Waals surface area contributed by atoms with E-state index in [1.807, 2.05) is 0 Å². The third-order valence-electron chi connectivity index (χ3n) is 3.02. The Kier molecular flexibility index (Phi) is 5.58. The minimum atomic E-state index is -0.216. The van der Waals surface area contributed by atoms with Crippen molar-refractivity contribution in [2.75, 3.05) is 32.8 Å². The number of rotatable bonds is 6. The highest BCUT2D eigenvalue weighted by molar-refractivity contribution is 4.76. The number of nitrogens with zero attached hydrogens (tertiary/aromatic N) is 1. The molecule has 0 amide bonds.